The number of likely N-dealkylation sites (tertiary alicyclic amines) is 2. The van der Waals surface area contributed by atoms with Crippen LogP contribution in [-0.4, -0.2) is 47.8 Å². The minimum absolute atomic E-state index is 0.267. The molecule has 3 rings (SSSR count). The molecule has 27 heavy (non-hydrogen) atoms. The molecule has 148 valence electrons. The minimum atomic E-state index is 0.267. The van der Waals surface area contributed by atoms with Gasteiger partial charge in [-0.25, -0.2) is 0 Å². The Hall–Kier alpha value is -1.84. The Morgan fingerprint density at radius 3 is 2.81 bits per heavy atom. The van der Waals surface area contributed by atoms with Crippen LogP contribution in [0.5, 0.6) is 0 Å². The highest BCUT2D eigenvalue weighted by atomic mass is 16.2. The second-order valence-corrected chi connectivity index (χ2v) is 8.25. The highest BCUT2D eigenvalue weighted by Gasteiger charge is 2.24. The van der Waals surface area contributed by atoms with Crippen LogP contribution in [0, 0.1) is 12.8 Å². The fourth-order valence-electron chi connectivity index (χ4n) is 4.45. The lowest BCUT2D eigenvalue weighted by molar-refractivity contribution is -0.136. The lowest BCUT2D eigenvalue weighted by atomic mass is 9.90. The zero-order valence-corrected chi connectivity index (χ0v) is 16.8. The second-order valence-electron chi connectivity index (χ2n) is 8.25. The first kappa shape index (κ1) is 19.9. The van der Waals surface area contributed by atoms with E-state index in [4.69, 9.17) is 0 Å². The third-order valence-corrected chi connectivity index (χ3v) is 6.19. The largest absolute Gasteiger partial charge is 0.343 e. The molecule has 0 bridgehead atoms. The van der Waals surface area contributed by atoms with Gasteiger partial charge in [0, 0.05) is 39.0 Å². The van der Waals surface area contributed by atoms with Crippen molar-refractivity contribution in [1.82, 2.24) is 9.80 Å². The maximum atomic E-state index is 12.6. The zero-order chi connectivity index (χ0) is 19.1. The van der Waals surface area contributed by atoms with Crippen molar-refractivity contribution >= 4 is 11.8 Å². The van der Waals surface area contributed by atoms with Crippen molar-refractivity contribution in [3.05, 3.63) is 35.4 Å². The van der Waals surface area contributed by atoms with Crippen LogP contribution in [0.15, 0.2) is 24.3 Å². The molecule has 0 N–H and O–H groups in total. The Balaban J connectivity index is 1.39. The third kappa shape index (κ3) is 5.82. The van der Waals surface area contributed by atoms with Gasteiger partial charge in [0.05, 0.1) is 0 Å². The molecular formula is C23H34N2O2. The summed E-state index contributed by atoms with van der Waals surface area (Å²) in [6.07, 6.45) is 8.81. The van der Waals surface area contributed by atoms with E-state index in [2.05, 4.69) is 36.1 Å². The molecule has 2 amide bonds. The Labute approximate surface area is 163 Å². The minimum Gasteiger partial charge on any atom is -0.343 e. The molecule has 0 saturated carbocycles. The van der Waals surface area contributed by atoms with Gasteiger partial charge in [0.2, 0.25) is 11.8 Å². The highest BCUT2D eigenvalue weighted by Crippen LogP contribution is 2.23. The van der Waals surface area contributed by atoms with Crippen molar-refractivity contribution in [2.75, 3.05) is 26.2 Å². The average Bonchev–Trinajstić information content (AvgIpc) is 2.69. The molecule has 0 unspecified atom stereocenters. The number of nitrogens with zero attached hydrogens (tertiary/aromatic N) is 2. The van der Waals surface area contributed by atoms with Crippen molar-refractivity contribution in [1.29, 1.82) is 0 Å². The van der Waals surface area contributed by atoms with Gasteiger partial charge in [-0.15, -0.1) is 0 Å². The zero-order valence-electron chi connectivity index (χ0n) is 16.8. The predicted molar refractivity (Wildman–Crippen MR) is 108 cm³/mol. The third-order valence-electron chi connectivity index (χ3n) is 6.19. The lowest BCUT2D eigenvalue weighted by Gasteiger charge is -2.33. The van der Waals surface area contributed by atoms with Crippen molar-refractivity contribution in [3.63, 3.8) is 0 Å². The topological polar surface area (TPSA) is 40.6 Å². The maximum absolute atomic E-state index is 12.6. The first-order chi connectivity index (χ1) is 13.1. The van der Waals surface area contributed by atoms with Crippen LogP contribution in [-0.2, 0) is 16.0 Å². The Kier molecular flexibility index (Phi) is 7.31. The number of aryl methyl sites for hydroxylation is 2. The molecule has 4 heteroatoms. The van der Waals surface area contributed by atoms with E-state index in [1.807, 2.05) is 4.90 Å². The van der Waals surface area contributed by atoms with Gasteiger partial charge in [0.15, 0.2) is 0 Å². The van der Waals surface area contributed by atoms with Crippen molar-refractivity contribution in [2.24, 2.45) is 5.92 Å². The molecule has 2 fully saturated rings. The molecular weight excluding hydrogens is 336 g/mol. The summed E-state index contributed by atoms with van der Waals surface area (Å²) in [5, 5.41) is 0. The van der Waals surface area contributed by atoms with Crippen molar-refractivity contribution < 1.29 is 9.59 Å². The van der Waals surface area contributed by atoms with Crippen LogP contribution < -0.4 is 0 Å². The molecule has 1 aromatic rings. The summed E-state index contributed by atoms with van der Waals surface area (Å²) in [6.45, 7) is 5.61. The summed E-state index contributed by atoms with van der Waals surface area (Å²) >= 11 is 0. The van der Waals surface area contributed by atoms with E-state index < -0.39 is 0 Å². The molecule has 2 aliphatic rings. The van der Waals surface area contributed by atoms with Crippen LogP contribution in [0.2, 0.25) is 0 Å². The van der Waals surface area contributed by atoms with E-state index in [1.165, 1.54) is 17.5 Å². The molecule has 4 nitrogen and oxygen atoms in total. The fraction of sp³-hybridized carbons (Fsp3) is 0.652. The smallest absolute Gasteiger partial charge is 0.222 e. The van der Waals surface area contributed by atoms with Gasteiger partial charge in [-0.2, -0.15) is 0 Å². The predicted octanol–water partition coefficient (Wildman–Crippen LogP) is 3.96. The quantitative estimate of drug-likeness (QED) is 0.729. The molecule has 1 atom stereocenters. The molecule has 1 aromatic carbocycles. The van der Waals surface area contributed by atoms with E-state index in [1.54, 1.807) is 0 Å². The standard InChI is InChI=1S/C23H34N2O2/c1-19-8-2-3-10-21(19)14-13-20-9-6-17-25(18-20)23(27)12-7-16-24-15-5-4-11-22(24)26/h2-3,8,10,20H,4-7,9,11-18H2,1H3/t20-/m0/s1. The molecule has 0 spiro atoms. The molecule has 0 radical (unpaired) electrons. The molecule has 2 heterocycles. The number of benzene rings is 1. The lowest BCUT2D eigenvalue weighted by Crippen LogP contribution is -2.41. The molecule has 2 aliphatic heterocycles. The number of piperidine rings is 2. The van der Waals surface area contributed by atoms with Gasteiger partial charge in [0.1, 0.15) is 0 Å². The Morgan fingerprint density at radius 1 is 1.15 bits per heavy atom. The maximum Gasteiger partial charge on any atom is 0.222 e. The fourth-order valence-corrected chi connectivity index (χ4v) is 4.45. The summed E-state index contributed by atoms with van der Waals surface area (Å²) in [6, 6.07) is 8.62. The molecule has 2 saturated heterocycles. The number of amides is 2. The van der Waals surface area contributed by atoms with Crippen molar-refractivity contribution in [2.45, 2.75) is 64.7 Å². The van der Waals surface area contributed by atoms with E-state index >= 15 is 0 Å². The summed E-state index contributed by atoms with van der Waals surface area (Å²) in [5.74, 6) is 1.16. The van der Waals surface area contributed by atoms with Crippen LogP contribution >= 0.6 is 0 Å². The SMILES string of the molecule is Cc1ccccc1CC[C@@H]1CCCN(C(=O)CCCN2CCCCC2=O)C1. The van der Waals surface area contributed by atoms with Crippen LogP contribution in [0.1, 0.15) is 62.5 Å². The Bertz CT molecular complexity index is 643. The van der Waals surface area contributed by atoms with Gasteiger partial charge in [-0.05, 0) is 68.9 Å². The monoisotopic (exact) mass is 370 g/mol. The summed E-state index contributed by atoms with van der Waals surface area (Å²) in [7, 11) is 0. The number of hydrogen-bond acceptors (Lipinski definition) is 2. The first-order valence-corrected chi connectivity index (χ1v) is 10.7. The van der Waals surface area contributed by atoms with Gasteiger partial charge >= 0.3 is 0 Å². The average molecular weight is 371 g/mol. The van der Waals surface area contributed by atoms with Crippen LogP contribution in [0.4, 0.5) is 0 Å². The van der Waals surface area contributed by atoms with Gasteiger partial charge in [-0.3, -0.25) is 9.59 Å². The number of carbonyl (C=O) groups is 2. The number of hydrogen-bond donors (Lipinski definition) is 0. The summed E-state index contributed by atoms with van der Waals surface area (Å²) in [4.78, 5) is 28.5. The van der Waals surface area contributed by atoms with Gasteiger partial charge in [-0.1, -0.05) is 24.3 Å². The normalized spacial score (nSPS) is 20.8. The second kappa shape index (κ2) is 9.91. The highest BCUT2D eigenvalue weighted by molar-refractivity contribution is 5.77. The van der Waals surface area contributed by atoms with Crippen molar-refractivity contribution in [3.8, 4) is 0 Å². The summed E-state index contributed by atoms with van der Waals surface area (Å²) < 4.78 is 0. The number of rotatable bonds is 7. The molecule has 0 aromatic heterocycles. The first-order valence-electron chi connectivity index (χ1n) is 10.7. The van der Waals surface area contributed by atoms with Gasteiger partial charge in [0.25, 0.3) is 0 Å². The van der Waals surface area contributed by atoms with Crippen LogP contribution in [0.3, 0.4) is 0 Å². The van der Waals surface area contributed by atoms with Gasteiger partial charge < -0.3 is 9.80 Å². The van der Waals surface area contributed by atoms with E-state index in [-0.39, 0.29) is 11.8 Å². The Morgan fingerprint density at radius 2 is 2.00 bits per heavy atom. The van der Waals surface area contributed by atoms with E-state index in [0.717, 1.165) is 64.7 Å². The van der Waals surface area contributed by atoms with E-state index in [9.17, 15) is 9.59 Å². The van der Waals surface area contributed by atoms with Crippen LogP contribution in [0.25, 0.3) is 0 Å². The molecule has 0 aliphatic carbocycles. The van der Waals surface area contributed by atoms with E-state index in [0.29, 0.717) is 18.8 Å². The summed E-state index contributed by atoms with van der Waals surface area (Å²) in [5.41, 5.74) is 2.81. The number of carbonyl (C=O) groups excluding carboxylic acids is 2.